The molecular weight excluding hydrogens is 342 g/mol. The third-order valence-corrected chi connectivity index (χ3v) is 6.40. The van der Waals surface area contributed by atoms with Crippen LogP contribution in [0.1, 0.15) is 30.5 Å². The summed E-state index contributed by atoms with van der Waals surface area (Å²) in [6.45, 7) is 4.62. The van der Waals surface area contributed by atoms with E-state index in [0.717, 1.165) is 22.6 Å². The molecule has 4 rings (SSSR count). The van der Waals surface area contributed by atoms with Crippen LogP contribution >= 0.6 is 11.3 Å². The van der Waals surface area contributed by atoms with E-state index in [0.29, 0.717) is 6.54 Å². The van der Waals surface area contributed by atoms with Crippen LogP contribution < -0.4 is 4.90 Å². The number of para-hydroxylation sites is 2. The highest BCUT2D eigenvalue weighted by Crippen LogP contribution is 2.33. The Hall–Kier alpha value is -2.24. The summed E-state index contributed by atoms with van der Waals surface area (Å²) in [7, 11) is 2.00. The Labute approximate surface area is 158 Å². The summed E-state index contributed by atoms with van der Waals surface area (Å²) in [6, 6.07) is 16.7. The van der Waals surface area contributed by atoms with Gasteiger partial charge in [0, 0.05) is 11.7 Å². The Balaban J connectivity index is 1.50. The minimum Gasteiger partial charge on any atom is -0.308 e. The topological polar surface area (TPSA) is 36.4 Å². The van der Waals surface area contributed by atoms with E-state index in [1.807, 2.05) is 48.3 Å². The molecule has 5 heteroatoms. The second-order valence-electron chi connectivity index (χ2n) is 7.06. The van der Waals surface area contributed by atoms with E-state index >= 15 is 0 Å². The van der Waals surface area contributed by atoms with Gasteiger partial charge in [0.2, 0.25) is 5.91 Å². The van der Waals surface area contributed by atoms with Crippen LogP contribution in [0.15, 0.2) is 48.5 Å². The maximum atomic E-state index is 13.0. The van der Waals surface area contributed by atoms with Crippen LogP contribution in [-0.4, -0.2) is 35.4 Å². The molecule has 0 N–H and O–H groups in total. The zero-order chi connectivity index (χ0) is 18.3. The molecule has 0 radical (unpaired) electrons. The average molecular weight is 366 g/mol. The van der Waals surface area contributed by atoms with E-state index < -0.39 is 0 Å². The Morgan fingerprint density at radius 1 is 1.27 bits per heavy atom. The largest absolute Gasteiger partial charge is 0.308 e. The number of carbonyl (C=O) groups excluding carboxylic acids is 1. The van der Waals surface area contributed by atoms with Gasteiger partial charge in [-0.2, -0.15) is 0 Å². The van der Waals surface area contributed by atoms with Gasteiger partial charge >= 0.3 is 0 Å². The molecule has 3 aromatic rings. The first-order valence-corrected chi connectivity index (χ1v) is 9.82. The lowest BCUT2D eigenvalue weighted by atomic mass is 10.1. The van der Waals surface area contributed by atoms with Gasteiger partial charge < -0.3 is 4.90 Å². The highest BCUT2D eigenvalue weighted by Gasteiger charge is 2.31. The molecule has 2 aromatic carbocycles. The summed E-state index contributed by atoms with van der Waals surface area (Å²) in [5.74, 6) is 0.151. The van der Waals surface area contributed by atoms with Crippen LogP contribution in [0.2, 0.25) is 0 Å². The number of hydrogen-bond acceptors (Lipinski definition) is 4. The van der Waals surface area contributed by atoms with Gasteiger partial charge in [0.15, 0.2) is 0 Å². The predicted molar refractivity (Wildman–Crippen MR) is 108 cm³/mol. The van der Waals surface area contributed by atoms with Crippen LogP contribution in [0.4, 0.5) is 5.69 Å². The second-order valence-corrected chi connectivity index (χ2v) is 8.12. The number of thiazole rings is 1. The number of nitrogens with zero attached hydrogens (tertiary/aromatic N) is 3. The normalized spacial score (nSPS) is 17.7. The number of likely N-dealkylation sites (N-methyl/N-ethyl adjacent to an activating group) is 1. The van der Waals surface area contributed by atoms with Gasteiger partial charge in [-0.3, -0.25) is 9.69 Å². The number of hydrogen-bond donors (Lipinski definition) is 0. The highest BCUT2D eigenvalue weighted by molar-refractivity contribution is 7.18. The number of rotatable bonds is 4. The summed E-state index contributed by atoms with van der Waals surface area (Å²) in [4.78, 5) is 21.8. The van der Waals surface area contributed by atoms with Crippen molar-refractivity contribution in [1.29, 1.82) is 0 Å². The van der Waals surface area contributed by atoms with E-state index in [2.05, 4.69) is 30.9 Å². The Morgan fingerprint density at radius 3 is 2.81 bits per heavy atom. The van der Waals surface area contributed by atoms with Gasteiger partial charge in [0.1, 0.15) is 5.01 Å². The maximum absolute atomic E-state index is 13.0. The van der Waals surface area contributed by atoms with E-state index in [9.17, 15) is 4.79 Å². The number of anilines is 1. The maximum Gasteiger partial charge on any atom is 0.241 e. The molecule has 1 aliphatic heterocycles. The monoisotopic (exact) mass is 365 g/mol. The lowest BCUT2D eigenvalue weighted by Crippen LogP contribution is -2.42. The molecule has 0 saturated heterocycles. The molecule has 0 spiro atoms. The van der Waals surface area contributed by atoms with Crippen molar-refractivity contribution in [2.75, 3.05) is 18.5 Å². The van der Waals surface area contributed by atoms with Gasteiger partial charge in [-0.25, -0.2) is 4.98 Å². The molecule has 1 aliphatic rings. The third-order valence-electron chi connectivity index (χ3n) is 5.19. The quantitative estimate of drug-likeness (QED) is 0.693. The van der Waals surface area contributed by atoms with Gasteiger partial charge in [0.25, 0.3) is 0 Å². The van der Waals surface area contributed by atoms with Crippen molar-refractivity contribution < 1.29 is 4.79 Å². The van der Waals surface area contributed by atoms with Crippen molar-refractivity contribution in [3.8, 4) is 0 Å². The van der Waals surface area contributed by atoms with Crippen molar-refractivity contribution >= 4 is 33.1 Å². The Kier molecular flexibility index (Phi) is 4.51. The fourth-order valence-corrected chi connectivity index (χ4v) is 4.71. The van der Waals surface area contributed by atoms with Crippen molar-refractivity contribution in [3.63, 3.8) is 0 Å². The van der Waals surface area contributed by atoms with Gasteiger partial charge in [-0.1, -0.05) is 30.3 Å². The molecule has 0 bridgehead atoms. The SMILES string of the molecule is C[C@@H](c1nc2ccccc2s1)N(C)CC(=O)N1c2ccccc2C[C@@H]1C. The summed E-state index contributed by atoms with van der Waals surface area (Å²) >= 11 is 1.70. The van der Waals surface area contributed by atoms with Crippen LogP contribution in [0.5, 0.6) is 0 Å². The second kappa shape index (κ2) is 6.82. The highest BCUT2D eigenvalue weighted by atomic mass is 32.1. The number of carbonyl (C=O) groups is 1. The summed E-state index contributed by atoms with van der Waals surface area (Å²) in [5, 5.41) is 1.05. The molecule has 0 fully saturated rings. The molecule has 0 aliphatic carbocycles. The molecule has 0 unspecified atom stereocenters. The number of fused-ring (bicyclic) bond motifs is 2. The van der Waals surface area contributed by atoms with Crippen molar-refractivity contribution in [3.05, 3.63) is 59.1 Å². The smallest absolute Gasteiger partial charge is 0.241 e. The molecule has 26 heavy (non-hydrogen) atoms. The van der Waals surface area contributed by atoms with E-state index in [1.165, 1.54) is 10.3 Å². The van der Waals surface area contributed by atoms with Crippen LogP contribution in [-0.2, 0) is 11.2 Å². The third kappa shape index (κ3) is 3.02. The van der Waals surface area contributed by atoms with Gasteiger partial charge in [-0.05, 0) is 51.1 Å². The Morgan fingerprint density at radius 2 is 2.00 bits per heavy atom. The molecule has 2 atom stereocenters. The van der Waals surface area contributed by atoms with Crippen molar-refractivity contribution in [2.45, 2.75) is 32.4 Å². The summed E-state index contributed by atoms with van der Waals surface area (Å²) in [6.07, 6.45) is 0.930. The lowest BCUT2D eigenvalue weighted by molar-refractivity contribution is -0.120. The minimum absolute atomic E-state index is 0.101. The minimum atomic E-state index is 0.101. The van der Waals surface area contributed by atoms with E-state index in [4.69, 9.17) is 4.98 Å². The zero-order valence-electron chi connectivity index (χ0n) is 15.3. The van der Waals surface area contributed by atoms with Crippen molar-refractivity contribution in [2.24, 2.45) is 0 Å². The first kappa shape index (κ1) is 17.2. The number of amides is 1. The fraction of sp³-hybridized carbons (Fsp3) is 0.333. The number of aromatic nitrogens is 1. The molecule has 0 saturated carbocycles. The van der Waals surface area contributed by atoms with E-state index in [1.54, 1.807) is 11.3 Å². The standard InChI is InChI=1S/C21H23N3OS/c1-14-12-16-8-4-6-10-18(16)24(14)20(25)13-23(3)15(2)21-22-17-9-5-7-11-19(17)26-21/h4-11,14-15H,12-13H2,1-3H3/t14-,15-/m0/s1. The van der Waals surface area contributed by atoms with Gasteiger partial charge in [0.05, 0.1) is 22.8 Å². The van der Waals surface area contributed by atoms with Crippen LogP contribution in [0.25, 0.3) is 10.2 Å². The fourth-order valence-electron chi connectivity index (χ4n) is 3.63. The molecule has 1 aromatic heterocycles. The molecule has 2 heterocycles. The summed E-state index contributed by atoms with van der Waals surface area (Å²) in [5.41, 5.74) is 3.35. The first-order chi connectivity index (χ1) is 12.5. The number of benzene rings is 2. The van der Waals surface area contributed by atoms with E-state index in [-0.39, 0.29) is 18.0 Å². The van der Waals surface area contributed by atoms with Gasteiger partial charge in [-0.15, -0.1) is 11.3 Å². The molecule has 1 amide bonds. The zero-order valence-corrected chi connectivity index (χ0v) is 16.2. The molecule has 4 nitrogen and oxygen atoms in total. The first-order valence-electron chi connectivity index (χ1n) is 9.00. The van der Waals surface area contributed by atoms with Crippen LogP contribution in [0, 0.1) is 0 Å². The van der Waals surface area contributed by atoms with Crippen LogP contribution in [0.3, 0.4) is 0 Å². The van der Waals surface area contributed by atoms with Crippen molar-refractivity contribution in [1.82, 2.24) is 9.88 Å². The molecular formula is C21H23N3OS. The lowest BCUT2D eigenvalue weighted by Gasteiger charge is -2.28. The predicted octanol–water partition coefficient (Wildman–Crippen LogP) is 4.27. The summed E-state index contributed by atoms with van der Waals surface area (Å²) < 4.78 is 1.19. The molecule has 134 valence electrons. The Bertz CT molecular complexity index is 918. The average Bonchev–Trinajstić information content (AvgIpc) is 3.20.